The van der Waals surface area contributed by atoms with E-state index in [2.05, 4.69) is 10.6 Å². The molecule has 5 heteroatoms. The first-order valence-corrected chi connectivity index (χ1v) is 8.46. The molecule has 3 rings (SSSR count). The topological polar surface area (TPSA) is 59.6 Å². The molecule has 1 saturated carbocycles. The van der Waals surface area contributed by atoms with Gasteiger partial charge in [0.15, 0.2) is 0 Å². The van der Waals surface area contributed by atoms with E-state index >= 15 is 0 Å². The van der Waals surface area contributed by atoms with Crippen molar-refractivity contribution in [3.8, 4) is 5.75 Å². The highest BCUT2D eigenvalue weighted by atomic mass is 16.5. The smallest absolute Gasteiger partial charge is 0.319 e. The number of methoxy groups -OCH3 is 1. The van der Waals surface area contributed by atoms with E-state index in [9.17, 15) is 4.79 Å². The van der Waals surface area contributed by atoms with Crippen LogP contribution in [0.5, 0.6) is 5.75 Å². The van der Waals surface area contributed by atoms with E-state index in [4.69, 9.17) is 9.47 Å². The van der Waals surface area contributed by atoms with Gasteiger partial charge in [-0.15, -0.1) is 0 Å². The molecule has 0 radical (unpaired) electrons. The number of amides is 2. The molecule has 1 heterocycles. The Morgan fingerprint density at radius 2 is 2.13 bits per heavy atom. The predicted molar refractivity (Wildman–Crippen MR) is 90.1 cm³/mol. The predicted octanol–water partition coefficient (Wildman–Crippen LogP) is 3.62. The fourth-order valence-corrected chi connectivity index (χ4v) is 3.73. The Morgan fingerprint density at radius 1 is 1.35 bits per heavy atom. The zero-order valence-electron chi connectivity index (χ0n) is 14.0. The Hall–Kier alpha value is -1.75. The minimum atomic E-state index is -0.151. The molecular formula is C18H26N2O3. The van der Waals surface area contributed by atoms with Crippen LogP contribution >= 0.6 is 0 Å². The second-order valence-corrected chi connectivity index (χ2v) is 6.71. The van der Waals surface area contributed by atoms with E-state index in [-0.39, 0.29) is 17.7 Å². The summed E-state index contributed by atoms with van der Waals surface area (Å²) in [6.45, 7) is 2.71. The zero-order valence-corrected chi connectivity index (χ0v) is 14.0. The summed E-state index contributed by atoms with van der Waals surface area (Å²) in [5.74, 6) is 0.738. The molecule has 2 aliphatic rings. The first-order chi connectivity index (χ1) is 11.1. The number of anilines is 1. The maximum Gasteiger partial charge on any atom is 0.319 e. The van der Waals surface area contributed by atoms with Gasteiger partial charge in [0.1, 0.15) is 5.75 Å². The molecule has 2 N–H and O–H groups in total. The van der Waals surface area contributed by atoms with Crippen LogP contribution in [0.1, 0.15) is 44.1 Å². The van der Waals surface area contributed by atoms with Crippen LogP contribution < -0.4 is 15.4 Å². The molecule has 1 aromatic rings. The van der Waals surface area contributed by atoms with Gasteiger partial charge in [-0.05, 0) is 44.2 Å². The lowest BCUT2D eigenvalue weighted by Gasteiger charge is -2.38. The molecule has 1 atom stereocenters. The van der Waals surface area contributed by atoms with Crippen molar-refractivity contribution in [2.75, 3.05) is 19.0 Å². The molecule has 1 aromatic carbocycles. The number of benzene rings is 1. The van der Waals surface area contributed by atoms with Crippen LogP contribution in [0.15, 0.2) is 18.2 Å². The van der Waals surface area contributed by atoms with Crippen LogP contribution in [0, 0.1) is 6.92 Å². The second-order valence-electron chi connectivity index (χ2n) is 6.71. The molecule has 0 bridgehead atoms. The summed E-state index contributed by atoms with van der Waals surface area (Å²) in [5.41, 5.74) is 1.81. The van der Waals surface area contributed by atoms with Gasteiger partial charge in [0, 0.05) is 24.4 Å². The van der Waals surface area contributed by atoms with Gasteiger partial charge in [0.05, 0.1) is 12.7 Å². The van der Waals surface area contributed by atoms with E-state index in [0.717, 1.165) is 49.3 Å². The number of ether oxygens (including phenoxy) is 2. The molecule has 5 nitrogen and oxygen atoms in total. The molecule has 126 valence electrons. The molecule has 1 spiro atoms. The van der Waals surface area contributed by atoms with Crippen molar-refractivity contribution in [1.82, 2.24) is 5.32 Å². The van der Waals surface area contributed by atoms with Crippen molar-refractivity contribution in [2.24, 2.45) is 0 Å². The van der Waals surface area contributed by atoms with Crippen molar-refractivity contribution in [3.05, 3.63) is 23.8 Å². The lowest BCUT2D eigenvalue weighted by Crippen LogP contribution is -2.48. The average molecular weight is 318 g/mol. The largest absolute Gasteiger partial charge is 0.497 e. The Labute approximate surface area is 137 Å². The second kappa shape index (κ2) is 6.79. The fourth-order valence-electron chi connectivity index (χ4n) is 3.73. The van der Waals surface area contributed by atoms with Crippen LogP contribution in [-0.4, -0.2) is 31.4 Å². The average Bonchev–Trinajstić information content (AvgIpc) is 2.97. The summed E-state index contributed by atoms with van der Waals surface area (Å²) in [5, 5.41) is 6.05. The minimum absolute atomic E-state index is 0.0160. The molecule has 0 unspecified atom stereocenters. The van der Waals surface area contributed by atoms with E-state index in [1.807, 2.05) is 25.1 Å². The van der Waals surface area contributed by atoms with Gasteiger partial charge < -0.3 is 20.1 Å². The number of hydrogen-bond donors (Lipinski definition) is 2. The van der Waals surface area contributed by atoms with Crippen LogP contribution in [0.2, 0.25) is 0 Å². The van der Waals surface area contributed by atoms with Crippen molar-refractivity contribution < 1.29 is 14.3 Å². The monoisotopic (exact) mass is 318 g/mol. The van der Waals surface area contributed by atoms with Gasteiger partial charge in [0.25, 0.3) is 0 Å². The van der Waals surface area contributed by atoms with Gasteiger partial charge in [-0.1, -0.05) is 18.9 Å². The van der Waals surface area contributed by atoms with Crippen LogP contribution in [0.4, 0.5) is 10.5 Å². The number of nitrogens with one attached hydrogen (secondary N) is 2. The number of carbonyl (C=O) groups is 1. The van der Waals surface area contributed by atoms with Crippen LogP contribution in [-0.2, 0) is 4.74 Å². The molecule has 1 saturated heterocycles. The van der Waals surface area contributed by atoms with Crippen molar-refractivity contribution in [1.29, 1.82) is 0 Å². The third-order valence-corrected chi connectivity index (χ3v) is 5.04. The standard InChI is InChI=1S/C18H26N2O3/c1-13-5-6-15(22-2)11-16(13)20-17(21)19-14-7-10-23-18(12-14)8-3-4-9-18/h5-6,11,14H,3-4,7-10,12H2,1-2H3,(H2,19,20,21)/t14-/m0/s1. The van der Waals surface area contributed by atoms with Gasteiger partial charge in [-0.2, -0.15) is 0 Å². The Kier molecular flexibility index (Phi) is 4.76. The van der Waals surface area contributed by atoms with E-state index in [0.29, 0.717) is 0 Å². The molecule has 1 aliphatic carbocycles. The summed E-state index contributed by atoms with van der Waals surface area (Å²) in [4.78, 5) is 12.3. The molecule has 1 aliphatic heterocycles. The quantitative estimate of drug-likeness (QED) is 0.895. The summed E-state index contributed by atoms with van der Waals surface area (Å²) in [6.07, 6.45) is 6.54. The molecule has 0 aromatic heterocycles. The summed E-state index contributed by atoms with van der Waals surface area (Å²) in [6, 6.07) is 5.71. The van der Waals surface area contributed by atoms with Crippen molar-refractivity contribution >= 4 is 11.7 Å². The van der Waals surface area contributed by atoms with Gasteiger partial charge >= 0.3 is 6.03 Å². The third kappa shape index (κ3) is 3.78. The Morgan fingerprint density at radius 3 is 2.87 bits per heavy atom. The number of aryl methyl sites for hydroxylation is 1. The first-order valence-electron chi connectivity index (χ1n) is 8.46. The number of rotatable bonds is 3. The maximum absolute atomic E-state index is 12.3. The highest BCUT2D eigenvalue weighted by Gasteiger charge is 2.40. The van der Waals surface area contributed by atoms with Crippen LogP contribution in [0.25, 0.3) is 0 Å². The van der Waals surface area contributed by atoms with E-state index in [1.165, 1.54) is 12.8 Å². The van der Waals surface area contributed by atoms with Crippen LogP contribution in [0.3, 0.4) is 0 Å². The summed E-state index contributed by atoms with van der Waals surface area (Å²) in [7, 11) is 1.62. The van der Waals surface area contributed by atoms with E-state index < -0.39 is 0 Å². The van der Waals surface area contributed by atoms with E-state index in [1.54, 1.807) is 7.11 Å². The SMILES string of the molecule is COc1ccc(C)c(NC(=O)N[C@H]2CCOC3(CCCC3)C2)c1. The number of hydrogen-bond acceptors (Lipinski definition) is 3. The zero-order chi connectivity index (χ0) is 16.3. The third-order valence-electron chi connectivity index (χ3n) is 5.04. The highest BCUT2D eigenvalue weighted by molar-refractivity contribution is 5.90. The molecule has 2 fully saturated rings. The Balaban J connectivity index is 1.59. The summed E-state index contributed by atoms with van der Waals surface area (Å²) < 4.78 is 11.2. The molecule has 2 amide bonds. The normalized spacial score (nSPS) is 22.8. The van der Waals surface area contributed by atoms with Gasteiger partial charge in [-0.3, -0.25) is 0 Å². The molecular weight excluding hydrogens is 292 g/mol. The van der Waals surface area contributed by atoms with Gasteiger partial charge in [-0.25, -0.2) is 4.79 Å². The number of urea groups is 1. The highest BCUT2D eigenvalue weighted by Crippen LogP contribution is 2.40. The van der Waals surface area contributed by atoms with Gasteiger partial charge in [0.2, 0.25) is 0 Å². The van der Waals surface area contributed by atoms with Crippen molar-refractivity contribution in [2.45, 2.75) is 57.1 Å². The van der Waals surface area contributed by atoms with Crippen molar-refractivity contribution in [3.63, 3.8) is 0 Å². The Bertz CT molecular complexity index is 567. The molecule has 23 heavy (non-hydrogen) atoms. The maximum atomic E-state index is 12.3. The number of carbonyl (C=O) groups excluding carboxylic acids is 1. The lowest BCUT2D eigenvalue weighted by molar-refractivity contribution is -0.0818. The fraction of sp³-hybridized carbons (Fsp3) is 0.611. The lowest BCUT2D eigenvalue weighted by atomic mass is 9.89. The first kappa shape index (κ1) is 16.1. The minimum Gasteiger partial charge on any atom is -0.497 e. The summed E-state index contributed by atoms with van der Waals surface area (Å²) >= 11 is 0.